The summed E-state index contributed by atoms with van der Waals surface area (Å²) in [5.74, 6) is 0.410. The first kappa shape index (κ1) is 12.7. The van der Waals surface area contributed by atoms with Gasteiger partial charge < -0.3 is 10.4 Å². The van der Waals surface area contributed by atoms with Crippen molar-refractivity contribution in [3.8, 4) is 0 Å². The van der Waals surface area contributed by atoms with Gasteiger partial charge in [-0.3, -0.25) is 4.90 Å². The van der Waals surface area contributed by atoms with Crippen molar-refractivity contribution in [2.75, 3.05) is 25.0 Å². The Hall–Kier alpha value is -0.720. The molecule has 1 aliphatic rings. The van der Waals surface area contributed by atoms with Crippen LogP contribution in [0.1, 0.15) is 26.0 Å². The fourth-order valence-electron chi connectivity index (χ4n) is 2.08. The van der Waals surface area contributed by atoms with E-state index in [1.165, 1.54) is 11.5 Å². The van der Waals surface area contributed by atoms with E-state index in [0.717, 1.165) is 43.3 Å². The minimum absolute atomic E-state index is 0.210. The van der Waals surface area contributed by atoms with Crippen LogP contribution in [-0.2, 0) is 6.54 Å². The summed E-state index contributed by atoms with van der Waals surface area (Å²) in [6.07, 6.45) is 0.841. The lowest BCUT2D eigenvalue weighted by Gasteiger charge is -2.33. The van der Waals surface area contributed by atoms with Crippen molar-refractivity contribution in [1.29, 1.82) is 0 Å². The normalized spacial score (nSPS) is 26.1. The van der Waals surface area contributed by atoms with E-state index >= 15 is 0 Å². The molecular weight excluding hydrogens is 236 g/mol. The first-order valence-corrected chi connectivity index (χ1v) is 6.93. The molecule has 1 aromatic heterocycles. The standard InChI is InChI=1S/C11H20N4OS/c1-3-12-11-9(13-14-17-11)6-15-5-4-8(2)10(16)7-15/h8,10,12,16H,3-7H2,1-2H3. The van der Waals surface area contributed by atoms with Gasteiger partial charge in [-0.1, -0.05) is 11.4 Å². The predicted octanol–water partition coefficient (Wildman–Crippen LogP) is 1.17. The van der Waals surface area contributed by atoms with Crippen LogP contribution >= 0.6 is 11.5 Å². The number of hydrogen-bond acceptors (Lipinski definition) is 6. The van der Waals surface area contributed by atoms with E-state index in [-0.39, 0.29) is 6.10 Å². The maximum Gasteiger partial charge on any atom is 0.134 e. The highest BCUT2D eigenvalue weighted by Gasteiger charge is 2.25. The smallest absolute Gasteiger partial charge is 0.134 e. The van der Waals surface area contributed by atoms with Crippen molar-refractivity contribution in [2.45, 2.75) is 32.9 Å². The maximum atomic E-state index is 9.86. The fraction of sp³-hybridized carbons (Fsp3) is 0.818. The molecule has 6 heteroatoms. The molecule has 1 fully saturated rings. The molecule has 0 amide bonds. The van der Waals surface area contributed by atoms with Gasteiger partial charge in [-0.05, 0) is 25.8 Å². The summed E-state index contributed by atoms with van der Waals surface area (Å²) >= 11 is 1.40. The third-order valence-electron chi connectivity index (χ3n) is 3.27. The predicted molar refractivity (Wildman–Crippen MR) is 69.1 cm³/mol. The van der Waals surface area contributed by atoms with Gasteiger partial charge in [0.1, 0.15) is 10.7 Å². The first-order chi connectivity index (χ1) is 8.20. The van der Waals surface area contributed by atoms with Crippen LogP contribution in [0.15, 0.2) is 0 Å². The fourth-order valence-corrected chi connectivity index (χ4v) is 2.72. The molecule has 2 rings (SSSR count). The molecule has 0 bridgehead atoms. The molecule has 2 atom stereocenters. The molecule has 17 heavy (non-hydrogen) atoms. The Morgan fingerprint density at radius 1 is 1.59 bits per heavy atom. The maximum absolute atomic E-state index is 9.86. The largest absolute Gasteiger partial charge is 0.392 e. The van der Waals surface area contributed by atoms with Crippen LogP contribution < -0.4 is 5.32 Å². The van der Waals surface area contributed by atoms with Crippen molar-refractivity contribution < 1.29 is 5.11 Å². The number of β-amino-alcohol motifs (C(OH)–C–C–N with tert-alkyl or cyclic N) is 1. The van der Waals surface area contributed by atoms with Gasteiger partial charge in [0.15, 0.2) is 0 Å². The number of piperidine rings is 1. The van der Waals surface area contributed by atoms with E-state index in [2.05, 4.69) is 33.7 Å². The quantitative estimate of drug-likeness (QED) is 0.847. The number of likely N-dealkylation sites (tertiary alicyclic amines) is 1. The van der Waals surface area contributed by atoms with Crippen molar-refractivity contribution in [3.05, 3.63) is 5.69 Å². The monoisotopic (exact) mass is 256 g/mol. The van der Waals surface area contributed by atoms with E-state index in [1.54, 1.807) is 0 Å². The third kappa shape index (κ3) is 3.14. The Bertz CT molecular complexity index is 357. The average molecular weight is 256 g/mol. The van der Waals surface area contributed by atoms with Gasteiger partial charge in [-0.25, -0.2) is 0 Å². The van der Waals surface area contributed by atoms with Gasteiger partial charge in [-0.2, -0.15) is 0 Å². The van der Waals surface area contributed by atoms with Gasteiger partial charge in [0.25, 0.3) is 0 Å². The summed E-state index contributed by atoms with van der Waals surface area (Å²) < 4.78 is 3.98. The molecule has 0 aliphatic carbocycles. The van der Waals surface area contributed by atoms with Gasteiger partial charge in [0.05, 0.1) is 6.10 Å². The molecule has 0 aromatic carbocycles. The highest BCUT2D eigenvalue weighted by atomic mass is 32.1. The van der Waals surface area contributed by atoms with Crippen molar-refractivity contribution in [1.82, 2.24) is 14.5 Å². The lowest BCUT2D eigenvalue weighted by atomic mass is 9.96. The van der Waals surface area contributed by atoms with Crippen molar-refractivity contribution >= 4 is 16.5 Å². The molecule has 5 nitrogen and oxygen atoms in total. The number of nitrogens with one attached hydrogen (secondary N) is 1. The zero-order valence-electron chi connectivity index (χ0n) is 10.4. The molecular formula is C11H20N4OS. The summed E-state index contributed by atoms with van der Waals surface area (Å²) in [5.41, 5.74) is 0.999. The highest BCUT2D eigenvalue weighted by Crippen LogP contribution is 2.22. The SMILES string of the molecule is CCNc1snnc1CN1CCC(C)C(O)C1. The van der Waals surface area contributed by atoms with Gasteiger partial charge in [-0.15, -0.1) is 5.10 Å². The van der Waals surface area contributed by atoms with Gasteiger partial charge in [0.2, 0.25) is 0 Å². The average Bonchev–Trinajstić information content (AvgIpc) is 2.72. The lowest BCUT2D eigenvalue weighted by molar-refractivity contribution is 0.0255. The first-order valence-electron chi connectivity index (χ1n) is 6.16. The Balaban J connectivity index is 1.94. The molecule has 1 saturated heterocycles. The number of nitrogens with zero attached hydrogens (tertiary/aromatic N) is 3. The van der Waals surface area contributed by atoms with Gasteiger partial charge >= 0.3 is 0 Å². The minimum Gasteiger partial charge on any atom is -0.392 e. The second kappa shape index (κ2) is 5.75. The summed E-state index contributed by atoms with van der Waals surface area (Å²) in [7, 11) is 0. The molecule has 96 valence electrons. The van der Waals surface area contributed by atoms with E-state index in [1.807, 2.05) is 0 Å². The molecule has 0 saturated carbocycles. The summed E-state index contributed by atoms with van der Waals surface area (Å²) in [5, 5.41) is 18.3. The summed E-state index contributed by atoms with van der Waals surface area (Å²) in [6, 6.07) is 0. The van der Waals surface area contributed by atoms with Crippen LogP contribution in [0, 0.1) is 5.92 Å². The summed E-state index contributed by atoms with van der Waals surface area (Å²) in [4.78, 5) is 2.25. The van der Waals surface area contributed by atoms with E-state index < -0.39 is 0 Å². The molecule has 2 heterocycles. The zero-order chi connectivity index (χ0) is 12.3. The van der Waals surface area contributed by atoms with E-state index in [4.69, 9.17) is 0 Å². The molecule has 1 aromatic rings. The number of aromatic nitrogens is 2. The number of anilines is 1. The van der Waals surface area contributed by atoms with Crippen LogP contribution in [0.5, 0.6) is 0 Å². The second-order valence-corrected chi connectivity index (χ2v) is 5.40. The number of aliphatic hydroxyl groups excluding tert-OH is 1. The molecule has 0 radical (unpaired) electrons. The molecule has 1 aliphatic heterocycles. The minimum atomic E-state index is -0.210. The van der Waals surface area contributed by atoms with Crippen LogP contribution in [-0.4, -0.2) is 45.3 Å². The number of aliphatic hydroxyl groups is 1. The Morgan fingerprint density at radius 2 is 2.41 bits per heavy atom. The third-order valence-corrected chi connectivity index (χ3v) is 4.00. The summed E-state index contributed by atoms with van der Waals surface area (Å²) in [6.45, 7) is 7.61. The topological polar surface area (TPSA) is 61.3 Å². The van der Waals surface area contributed by atoms with Gasteiger partial charge in [0, 0.05) is 31.2 Å². The Kier molecular flexibility index (Phi) is 4.31. The van der Waals surface area contributed by atoms with Crippen LogP contribution in [0.3, 0.4) is 0 Å². The Labute approximate surface area is 106 Å². The highest BCUT2D eigenvalue weighted by molar-refractivity contribution is 7.10. The second-order valence-electron chi connectivity index (χ2n) is 4.65. The number of hydrogen-bond donors (Lipinski definition) is 2. The van der Waals surface area contributed by atoms with Crippen LogP contribution in [0.25, 0.3) is 0 Å². The lowest BCUT2D eigenvalue weighted by Crippen LogP contribution is -2.42. The molecule has 2 N–H and O–H groups in total. The zero-order valence-corrected chi connectivity index (χ0v) is 11.2. The molecule has 2 unspecified atom stereocenters. The van der Waals surface area contributed by atoms with Crippen molar-refractivity contribution in [3.63, 3.8) is 0 Å². The number of rotatable bonds is 4. The molecule has 0 spiro atoms. The Morgan fingerprint density at radius 3 is 3.12 bits per heavy atom. The van der Waals surface area contributed by atoms with Crippen LogP contribution in [0.4, 0.5) is 5.00 Å². The van der Waals surface area contributed by atoms with E-state index in [9.17, 15) is 5.11 Å². The van der Waals surface area contributed by atoms with Crippen molar-refractivity contribution in [2.24, 2.45) is 5.92 Å². The van der Waals surface area contributed by atoms with E-state index in [0.29, 0.717) is 5.92 Å². The van der Waals surface area contributed by atoms with Crippen LogP contribution in [0.2, 0.25) is 0 Å².